The van der Waals surface area contributed by atoms with E-state index in [4.69, 9.17) is 0 Å². The van der Waals surface area contributed by atoms with Crippen molar-refractivity contribution in [3.8, 4) is 5.69 Å². The summed E-state index contributed by atoms with van der Waals surface area (Å²) in [6.45, 7) is 6.98. The molecule has 1 atom stereocenters. The summed E-state index contributed by atoms with van der Waals surface area (Å²) in [4.78, 5) is 21.0. The van der Waals surface area contributed by atoms with E-state index in [0.717, 1.165) is 0 Å². The Bertz CT molecular complexity index is 818. The predicted molar refractivity (Wildman–Crippen MR) is 94.3 cm³/mol. The molecule has 1 aromatic carbocycles. The van der Waals surface area contributed by atoms with E-state index < -0.39 is 0 Å². The standard InChI is InChI=1S/C18H22N6O/c1-18(2,3)16(10-23-9-8-19-12-23)22-17(25)14-6-4-5-7-15(14)24-13-20-11-21-24/h4-9,11-13,16H,10H2,1-3H3,(H,22,25). The van der Waals surface area contributed by atoms with Gasteiger partial charge < -0.3 is 9.88 Å². The van der Waals surface area contributed by atoms with Crippen molar-refractivity contribution < 1.29 is 4.79 Å². The molecule has 0 radical (unpaired) electrons. The van der Waals surface area contributed by atoms with Gasteiger partial charge >= 0.3 is 0 Å². The lowest BCUT2D eigenvalue weighted by atomic mass is 9.86. The number of rotatable bonds is 5. The molecule has 0 aliphatic heterocycles. The number of carbonyl (C=O) groups is 1. The van der Waals surface area contributed by atoms with Gasteiger partial charge in [-0.15, -0.1) is 0 Å². The van der Waals surface area contributed by atoms with Crippen LogP contribution in [-0.2, 0) is 6.54 Å². The number of hydrogen-bond donors (Lipinski definition) is 1. The van der Waals surface area contributed by atoms with Gasteiger partial charge in [-0.3, -0.25) is 4.79 Å². The summed E-state index contributed by atoms with van der Waals surface area (Å²) in [6, 6.07) is 7.31. The van der Waals surface area contributed by atoms with Crippen molar-refractivity contribution in [1.29, 1.82) is 0 Å². The summed E-state index contributed by atoms with van der Waals surface area (Å²) in [5.41, 5.74) is 1.16. The molecule has 0 aliphatic rings. The van der Waals surface area contributed by atoms with E-state index in [1.807, 2.05) is 29.0 Å². The number of hydrogen-bond acceptors (Lipinski definition) is 4. The predicted octanol–water partition coefficient (Wildman–Crippen LogP) is 2.31. The van der Waals surface area contributed by atoms with Crippen molar-refractivity contribution in [1.82, 2.24) is 29.6 Å². The van der Waals surface area contributed by atoms with Gasteiger partial charge in [-0.25, -0.2) is 14.6 Å². The Morgan fingerprint density at radius 2 is 2.00 bits per heavy atom. The molecule has 7 heteroatoms. The van der Waals surface area contributed by atoms with E-state index in [1.165, 1.54) is 6.33 Å². The highest BCUT2D eigenvalue weighted by Crippen LogP contribution is 2.22. The number of nitrogens with one attached hydrogen (secondary N) is 1. The Morgan fingerprint density at radius 3 is 2.64 bits per heavy atom. The lowest BCUT2D eigenvalue weighted by molar-refractivity contribution is 0.0892. The van der Waals surface area contributed by atoms with Crippen LogP contribution in [0.3, 0.4) is 0 Å². The Kier molecular flexibility index (Phi) is 4.65. The zero-order valence-corrected chi connectivity index (χ0v) is 14.6. The molecular weight excluding hydrogens is 316 g/mol. The molecule has 0 fully saturated rings. The normalized spacial score (nSPS) is 12.8. The van der Waals surface area contributed by atoms with Crippen molar-refractivity contribution in [2.45, 2.75) is 33.4 Å². The number of carbonyl (C=O) groups excluding carboxylic acids is 1. The van der Waals surface area contributed by atoms with Crippen LogP contribution in [0.25, 0.3) is 5.69 Å². The maximum absolute atomic E-state index is 12.9. The third-order valence-electron chi connectivity index (χ3n) is 4.12. The maximum atomic E-state index is 12.9. The molecule has 2 heterocycles. The number of aromatic nitrogens is 5. The minimum Gasteiger partial charge on any atom is -0.347 e. The molecule has 1 amide bonds. The van der Waals surface area contributed by atoms with Crippen LogP contribution in [0.4, 0.5) is 0 Å². The highest BCUT2D eigenvalue weighted by atomic mass is 16.1. The third-order valence-corrected chi connectivity index (χ3v) is 4.12. The monoisotopic (exact) mass is 338 g/mol. The summed E-state index contributed by atoms with van der Waals surface area (Å²) in [5.74, 6) is -0.133. The van der Waals surface area contributed by atoms with E-state index in [2.05, 4.69) is 41.2 Å². The van der Waals surface area contributed by atoms with Crippen LogP contribution in [-0.4, -0.2) is 36.3 Å². The maximum Gasteiger partial charge on any atom is 0.253 e. The molecule has 0 saturated heterocycles. The van der Waals surface area contributed by atoms with Crippen LogP contribution < -0.4 is 5.32 Å². The number of amides is 1. The first-order chi connectivity index (χ1) is 11.9. The number of nitrogens with zero attached hydrogens (tertiary/aromatic N) is 5. The van der Waals surface area contributed by atoms with Crippen molar-refractivity contribution in [2.75, 3.05) is 0 Å². The molecule has 0 bridgehead atoms. The van der Waals surface area contributed by atoms with E-state index >= 15 is 0 Å². The molecule has 130 valence electrons. The first-order valence-corrected chi connectivity index (χ1v) is 8.16. The molecule has 3 aromatic rings. The third kappa shape index (κ3) is 3.93. The summed E-state index contributed by atoms with van der Waals surface area (Å²) in [5, 5.41) is 7.30. The molecule has 7 nitrogen and oxygen atoms in total. The van der Waals surface area contributed by atoms with Crippen molar-refractivity contribution in [3.63, 3.8) is 0 Å². The van der Waals surface area contributed by atoms with E-state index in [1.54, 1.807) is 29.6 Å². The fraction of sp³-hybridized carbons (Fsp3) is 0.333. The van der Waals surface area contributed by atoms with Gasteiger partial charge in [0.05, 0.1) is 23.6 Å². The van der Waals surface area contributed by atoms with Crippen LogP contribution in [0.1, 0.15) is 31.1 Å². The highest BCUT2D eigenvalue weighted by Gasteiger charge is 2.27. The summed E-state index contributed by atoms with van der Waals surface area (Å²) in [6.07, 6.45) is 8.43. The minimum atomic E-state index is -0.133. The van der Waals surface area contributed by atoms with Gasteiger partial charge in [-0.2, -0.15) is 5.10 Å². The Morgan fingerprint density at radius 1 is 1.20 bits per heavy atom. The average molecular weight is 338 g/mol. The van der Waals surface area contributed by atoms with Crippen LogP contribution in [0.5, 0.6) is 0 Å². The molecule has 0 aliphatic carbocycles. The van der Waals surface area contributed by atoms with Gasteiger partial charge in [0.1, 0.15) is 12.7 Å². The second kappa shape index (κ2) is 6.88. The van der Waals surface area contributed by atoms with E-state index in [-0.39, 0.29) is 17.4 Å². The van der Waals surface area contributed by atoms with Crippen LogP contribution in [0.2, 0.25) is 0 Å². The Hall–Kier alpha value is -2.96. The van der Waals surface area contributed by atoms with Gasteiger partial charge in [-0.05, 0) is 17.5 Å². The fourth-order valence-corrected chi connectivity index (χ4v) is 2.58. The number of para-hydroxylation sites is 1. The van der Waals surface area contributed by atoms with Gasteiger partial charge in [0.25, 0.3) is 5.91 Å². The van der Waals surface area contributed by atoms with E-state index in [0.29, 0.717) is 17.8 Å². The van der Waals surface area contributed by atoms with Crippen LogP contribution >= 0.6 is 0 Å². The lowest BCUT2D eigenvalue weighted by Gasteiger charge is -2.32. The molecule has 0 saturated carbocycles. The molecule has 2 aromatic heterocycles. The quantitative estimate of drug-likeness (QED) is 0.774. The fourth-order valence-electron chi connectivity index (χ4n) is 2.58. The average Bonchev–Trinajstić information content (AvgIpc) is 3.27. The molecule has 1 N–H and O–H groups in total. The Balaban J connectivity index is 1.85. The zero-order chi connectivity index (χ0) is 17.9. The van der Waals surface area contributed by atoms with Gasteiger partial charge in [0.2, 0.25) is 0 Å². The van der Waals surface area contributed by atoms with Gasteiger partial charge in [0, 0.05) is 18.9 Å². The highest BCUT2D eigenvalue weighted by molar-refractivity contribution is 5.97. The van der Waals surface area contributed by atoms with Crippen molar-refractivity contribution in [2.24, 2.45) is 5.41 Å². The lowest BCUT2D eigenvalue weighted by Crippen LogP contribution is -2.46. The van der Waals surface area contributed by atoms with Crippen LogP contribution in [0.15, 0.2) is 55.6 Å². The summed E-state index contributed by atoms with van der Waals surface area (Å²) in [7, 11) is 0. The molecular formula is C18H22N6O. The number of imidazole rings is 1. The minimum absolute atomic E-state index is 0.0574. The molecule has 1 unspecified atom stereocenters. The van der Waals surface area contributed by atoms with E-state index in [9.17, 15) is 4.79 Å². The van der Waals surface area contributed by atoms with Gasteiger partial charge in [0.15, 0.2) is 0 Å². The SMILES string of the molecule is CC(C)(C)C(Cn1ccnc1)NC(=O)c1ccccc1-n1cncn1. The summed E-state index contributed by atoms with van der Waals surface area (Å²) >= 11 is 0. The second-order valence-corrected chi connectivity index (χ2v) is 7.01. The second-order valence-electron chi connectivity index (χ2n) is 7.01. The molecule has 25 heavy (non-hydrogen) atoms. The first kappa shape index (κ1) is 16.9. The van der Waals surface area contributed by atoms with Crippen molar-refractivity contribution >= 4 is 5.91 Å². The van der Waals surface area contributed by atoms with Crippen molar-refractivity contribution in [3.05, 3.63) is 61.2 Å². The smallest absolute Gasteiger partial charge is 0.253 e. The summed E-state index contributed by atoms with van der Waals surface area (Å²) < 4.78 is 3.57. The van der Waals surface area contributed by atoms with Gasteiger partial charge in [-0.1, -0.05) is 32.9 Å². The van der Waals surface area contributed by atoms with Crippen LogP contribution in [0, 0.1) is 5.41 Å². The first-order valence-electron chi connectivity index (χ1n) is 8.16. The molecule has 3 rings (SSSR count). The topological polar surface area (TPSA) is 77.6 Å². The Labute approximate surface area is 146 Å². The largest absolute Gasteiger partial charge is 0.347 e. The number of benzene rings is 1. The zero-order valence-electron chi connectivity index (χ0n) is 14.6. The molecule has 0 spiro atoms.